The van der Waals surface area contributed by atoms with Gasteiger partial charge < -0.3 is 9.47 Å². The van der Waals surface area contributed by atoms with E-state index in [9.17, 15) is 9.59 Å². The Morgan fingerprint density at radius 2 is 1.86 bits per heavy atom. The van der Waals surface area contributed by atoms with E-state index in [1.54, 1.807) is 13.8 Å². The summed E-state index contributed by atoms with van der Waals surface area (Å²) in [4.78, 5) is 20.8. The van der Waals surface area contributed by atoms with Crippen LogP contribution in [0.4, 0.5) is 0 Å². The molecular formula is C10H18O4. The van der Waals surface area contributed by atoms with E-state index in [-0.39, 0.29) is 11.9 Å². The van der Waals surface area contributed by atoms with Crippen molar-refractivity contribution in [2.45, 2.75) is 33.1 Å². The van der Waals surface area contributed by atoms with E-state index in [4.69, 9.17) is 4.74 Å². The first-order chi connectivity index (χ1) is 6.68. The number of hydrogen-bond acceptors (Lipinski definition) is 4. The Kier molecular flexibility index (Phi) is 7.89. The van der Waals surface area contributed by atoms with E-state index < -0.39 is 0 Å². The fourth-order valence-electron chi connectivity index (χ4n) is 0.852. The molecule has 0 heterocycles. The van der Waals surface area contributed by atoms with Crippen LogP contribution in [0.3, 0.4) is 0 Å². The van der Waals surface area contributed by atoms with Crippen molar-refractivity contribution in [3.05, 3.63) is 0 Å². The SMILES string of the molecule is CC(C)C(=O)OCCCCCOC=O. The standard InChI is InChI=1S/C10H18O4/c1-9(2)10(12)14-7-5-3-4-6-13-8-11/h8-9H,3-7H2,1-2H3. The number of carbonyl (C=O) groups is 2. The lowest BCUT2D eigenvalue weighted by molar-refractivity contribution is -0.147. The Bertz CT molecular complexity index is 166. The van der Waals surface area contributed by atoms with Crippen LogP contribution >= 0.6 is 0 Å². The monoisotopic (exact) mass is 202 g/mol. The zero-order chi connectivity index (χ0) is 10.8. The molecule has 0 aromatic rings. The number of hydrogen-bond donors (Lipinski definition) is 0. The zero-order valence-corrected chi connectivity index (χ0v) is 8.82. The Morgan fingerprint density at radius 1 is 1.21 bits per heavy atom. The molecule has 4 heteroatoms. The number of unbranched alkanes of at least 4 members (excludes halogenated alkanes) is 2. The fourth-order valence-corrected chi connectivity index (χ4v) is 0.852. The van der Waals surface area contributed by atoms with Gasteiger partial charge in [0.25, 0.3) is 6.47 Å². The van der Waals surface area contributed by atoms with Crippen LogP contribution in [0.5, 0.6) is 0 Å². The summed E-state index contributed by atoms with van der Waals surface area (Å²) in [6.45, 7) is 4.96. The van der Waals surface area contributed by atoms with Crippen LogP contribution < -0.4 is 0 Å². The van der Waals surface area contributed by atoms with Crippen molar-refractivity contribution >= 4 is 12.4 Å². The molecule has 0 bridgehead atoms. The maximum Gasteiger partial charge on any atom is 0.308 e. The van der Waals surface area contributed by atoms with Gasteiger partial charge in [0.05, 0.1) is 19.1 Å². The number of esters is 1. The van der Waals surface area contributed by atoms with Crippen LogP contribution in [0.2, 0.25) is 0 Å². The van der Waals surface area contributed by atoms with E-state index >= 15 is 0 Å². The molecule has 0 unspecified atom stereocenters. The van der Waals surface area contributed by atoms with Gasteiger partial charge in [-0.3, -0.25) is 9.59 Å². The van der Waals surface area contributed by atoms with Gasteiger partial charge in [0.1, 0.15) is 0 Å². The van der Waals surface area contributed by atoms with Gasteiger partial charge in [-0.1, -0.05) is 13.8 Å². The van der Waals surface area contributed by atoms with Crippen LogP contribution in [0.15, 0.2) is 0 Å². The largest absolute Gasteiger partial charge is 0.468 e. The van der Waals surface area contributed by atoms with Gasteiger partial charge in [0, 0.05) is 0 Å². The minimum Gasteiger partial charge on any atom is -0.468 e. The molecule has 0 saturated heterocycles. The van der Waals surface area contributed by atoms with Crippen molar-refractivity contribution in [2.24, 2.45) is 5.92 Å². The second kappa shape index (κ2) is 8.53. The Labute approximate surface area is 84.6 Å². The maximum atomic E-state index is 11.0. The molecule has 0 amide bonds. The summed E-state index contributed by atoms with van der Waals surface area (Å²) in [5.74, 6) is -0.220. The third kappa shape index (κ3) is 7.58. The lowest BCUT2D eigenvalue weighted by atomic mass is 10.2. The molecule has 0 aliphatic rings. The summed E-state index contributed by atoms with van der Waals surface area (Å²) in [7, 11) is 0. The van der Waals surface area contributed by atoms with E-state index in [1.807, 2.05) is 0 Å². The second-order valence-corrected chi connectivity index (χ2v) is 3.35. The van der Waals surface area contributed by atoms with Gasteiger partial charge in [-0.05, 0) is 19.3 Å². The average molecular weight is 202 g/mol. The van der Waals surface area contributed by atoms with Crippen molar-refractivity contribution in [1.29, 1.82) is 0 Å². The molecule has 0 aliphatic heterocycles. The molecule has 14 heavy (non-hydrogen) atoms. The molecule has 0 aromatic carbocycles. The minimum absolute atomic E-state index is 0.0617. The lowest BCUT2D eigenvalue weighted by Crippen LogP contribution is -2.12. The van der Waals surface area contributed by atoms with Crippen LogP contribution in [0, 0.1) is 5.92 Å². The summed E-state index contributed by atoms with van der Waals surface area (Å²) in [6.07, 6.45) is 2.54. The summed E-state index contributed by atoms with van der Waals surface area (Å²) in [5, 5.41) is 0. The van der Waals surface area contributed by atoms with E-state index in [0.717, 1.165) is 19.3 Å². The molecule has 0 rings (SSSR count). The van der Waals surface area contributed by atoms with Gasteiger partial charge in [-0.25, -0.2) is 0 Å². The van der Waals surface area contributed by atoms with Crippen LogP contribution in [-0.4, -0.2) is 25.7 Å². The number of ether oxygens (including phenoxy) is 2. The second-order valence-electron chi connectivity index (χ2n) is 3.35. The first-order valence-corrected chi connectivity index (χ1v) is 4.90. The van der Waals surface area contributed by atoms with Crippen molar-refractivity contribution in [3.63, 3.8) is 0 Å². The van der Waals surface area contributed by atoms with Crippen molar-refractivity contribution in [2.75, 3.05) is 13.2 Å². The Hall–Kier alpha value is -1.06. The third-order valence-corrected chi connectivity index (χ3v) is 1.69. The van der Waals surface area contributed by atoms with Crippen molar-refractivity contribution < 1.29 is 19.1 Å². The van der Waals surface area contributed by atoms with Crippen LogP contribution in [-0.2, 0) is 19.1 Å². The van der Waals surface area contributed by atoms with E-state index in [0.29, 0.717) is 19.7 Å². The smallest absolute Gasteiger partial charge is 0.308 e. The highest BCUT2D eigenvalue weighted by atomic mass is 16.5. The van der Waals surface area contributed by atoms with Crippen LogP contribution in [0.1, 0.15) is 33.1 Å². The minimum atomic E-state index is -0.158. The van der Waals surface area contributed by atoms with Gasteiger partial charge in [0.2, 0.25) is 0 Å². The highest BCUT2D eigenvalue weighted by Gasteiger charge is 2.06. The Balaban J connectivity index is 3.13. The molecule has 0 spiro atoms. The number of carbonyl (C=O) groups excluding carboxylic acids is 2. The molecule has 0 N–H and O–H groups in total. The van der Waals surface area contributed by atoms with Gasteiger partial charge in [-0.15, -0.1) is 0 Å². The molecule has 0 aromatic heterocycles. The van der Waals surface area contributed by atoms with E-state index in [2.05, 4.69) is 4.74 Å². The molecule has 0 atom stereocenters. The molecule has 0 radical (unpaired) electrons. The third-order valence-electron chi connectivity index (χ3n) is 1.69. The zero-order valence-electron chi connectivity index (χ0n) is 8.82. The summed E-state index contributed by atoms with van der Waals surface area (Å²) in [6, 6.07) is 0. The number of rotatable bonds is 8. The normalized spacial score (nSPS) is 9.93. The first kappa shape index (κ1) is 12.9. The topological polar surface area (TPSA) is 52.6 Å². The molecule has 4 nitrogen and oxygen atoms in total. The predicted molar refractivity (Wildman–Crippen MR) is 51.7 cm³/mol. The lowest BCUT2D eigenvalue weighted by Gasteiger charge is -2.06. The fraction of sp³-hybridized carbons (Fsp3) is 0.800. The van der Waals surface area contributed by atoms with E-state index in [1.165, 1.54) is 0 Å². The van der Waals surface area contributed by atoms with Gasteiger partial charge in [-0.2, -0.15) is 0 Å². The Morgan fingerprint density at radius 3 is 2.43 bits per heavy atom. The maximum absolute atomic E-state index is 11.0. The quantitative estimate of drug-likeness (QED) is 0.340. The molecular weight excluding hydrogens is 184 g/mol. The van der Waals surface area contributed by atoms with Gasteiger partial charge >= 0.3 is 5.97 Å². The summed E-state index contributed by atoms with van der Waals surface area (Å²) < 4.78 is 9.47. The highest BCUT2D eigenvalue weighted by Crippen LogP contribution is 2.00. The first-order valence-electron chi connectivity index (χ1n) is 4.90. The predicted octanol–water partition coefficient (Wildman–Crippen LogP) is 1.53. The van der Waals surface area contributed by atoms with Gasteiger partial charge in [0.15, 0.2) is 0 Å². The van der Waals surface area contributed by atoms with Crippen molar-refractivity contribution in [1.82, 2.24) is 0 Å². The molecule has 0 fully saturated rings. The van der Waals surface area contributed by atoms with Crippen molar-refractivity contribution in [3.8, 4) is 0 Å². The summed E-state index contributed by atoms with van der Waals surface area (Å²) in [5.41, 5.74) is 0. The highest BCUT2D eigenvalue weighted by molar-refractivity contribution is 5.71. The van der Waals surface area contributed by atoms with Crippen LogP contribution in [0.25, 0.3) is 0 Å². The molecule has 82 valence electrons. The average Bonchev–Trinajstić information content (AvgIpc) is 2.16. The molecule has 0 saturated carbocycles. The summed E-state index contributed by atoms with van der Waals surface area (Å²) >= 11 is 0. The molecule has 0 aliphatic carbocycles.